The van der Waals surface area contributed by atoms with Crippen LogP contribution in [0.2, 0.25) is 0 Å². The minimum atomic E-state index is -0.197. The van der Waals surface area contributed by atoms with Crippen LogP contribution in [0, 0.1) is 23.7 Å². The zero-order chi connectivity index (χ0) is 11.3. The Bertz CT molecular complexity index is 316. The predicted molar refractivity (Wildman–Crippen MR) is 61.7 cm³/mol. The van der Waals surface area contributed by atoms with E-state index in [1.54, 1.807) is 6.92 Å². The fourth-order valence-corrected chi connectivity index (χ4v) is 4.32. The van der Waals surface area contributed by atoms with Crippen LogP contribution < -0.4 is 0 Å². The maximum absolute atomic E-state index is 11.5. The van der Waals surface area contributed by atoms with Gasteiger partial charge in [-0.1, -0.05) is 6.58 Å². The third-order valence-corrected chi connectivity index (χ3v) is 4.97. The van der Waals surface area contributed by atoms with Gasteiger partial charge < -0.3 is 4.74 Å². The third-order valence-electron chi connectivity index (χ3n) is 4.97. The molecule has 4 atom stereocenters. The molecule has 0 aromatic carbocycles. The van der Waals surface area contributed by atoms with E-state index in [2.05, 4.69) is 6.58 Å². The molecule has 2 heteroatoms. The van der Waals surface area contributed by atoms with Crippen LogP contribution in [0.4, 0.5) is 0 Å². The maximum atomic E-state index is 11.5. The molecule has 16 heavy (non-hydrogen) atoms. The molecule has 0 aliphatic heterocycles. The summed E-state index contributed by atoms with van der Waals surface area (Å²) < 4.78 is 5.50. The molecular weight excluding hydrogens is 200 g/mol. The van der Waals surface area contributed by atoms with Gasteiger partial charge in [0.1, 0.15) is 6.10 Å². The van der Waals surface area contributed by atoms with E-state index in [0.717, 1.165) is 36.5 Å². The van der Waals surface area contributed by atoms with E-state index in [1.807, 2.05) is 0 Å². The number of hydrogen-bond acceptors (Lipinski definition) is 2. The van der Waals surface area contributed by atoms with E-state index in [9.17, 15) is 4.79 Å². The van der Waals surface area contributed by atoms with E-state index in [4.69, 9.17) is 4.74 Å². The summed E-state index contributed by atoms with van der Waals surface area (Å²) in [5.74, 6) is 3.42. The van der Waals surface area contributed by atoms with Crippen molar-refractivity contribution in [2.75, 3.05) is 0 Å². The molecule has 3 rings (SSSR count). The van der Waals surface area contributed by atoms with Crippen molar-refractivity contribution >= 4 is 5.97 Å². The van der Waals surface area contributed by atoms with Gasteiger partial charge in [0.15, 0.2) is 0 Å². The average molecular weight is 220 g/mol. The second-order valence-electron chi connectivity index (χ2n) is 5.94. The van der Waals surface area contributed by atoms with E-state index >= 15 is 0 Å². The molecule has 3 saturated carbocycles. The van der Waals surface area contributed by atoms with Crippen LogP contribution in [0.5, 0.6) is 0 Å². The molecule has 0 N–H and O–H groups in total. The molecule has 0 aromatic rings. The molecule has 2 bridgehead atoms. The van der Waals surface area contributed by atoms with Crippen LogP contribution in [-0.4, -0.2) is 12.1 Å². The molecule has 0 saturated heterocycles. The van der Waals surface area contributed by atoms with Crippen molar-refractivity contribution in [3.63, 3.8) is 0 Å². The molecule has 0 heterocycles. The largest absolute Gasteiger partial charge is 0.459 e. The lowest BCUT2D eigenvalue weighted by Crippen LogP contribution is -2.16. The molecule has 0 amide bonds. The Balaban J connectivity index is 1.62. The summed E-state index contributed by atoms with van der Waals surface area (Å²) >= 11 is 0. The first-order valence-electron chi connectivity index (χ1n) is 6.51. The third kappa shape index (κ3) is 1.50. The lowest BCUT2D eigenvalue weighted by Gasteiger charge is -2.23. The molecule has 2 nitrogen and oxygen atoms in total. The summed E-state index contributed by atoms with van der Waals surface area (Å²) in [6, 6.07) is 0. The Morgan fingerprint density at radius 3 is 2.19 bits per heavy atom. The quantitative estimate of drug-likeness (QED) is 0.528. The van der Waals surface area contributed by atoms with Crippen molar-refractivity contribution in [3.8, 4) is 0 Å². The monoisotopic (exact) mass is 220 g/mol. The molecule has 88 valence electrons. The number of fused-ring (bicyclic) bond motifs is 5. The average Bonchev–Trinajstić information content (AvgIpc) is 2.86. The zero-order valence-electron chi connectivity index (χ0n) is 9.95. The van der Waals surface area contributed by atoms with Crippen molar-refractivity contribution in [1.82, 2.24) is 0 Å². The van der Waals surface area contributed by atoms with Crippen molar-refractivity contribution in [2.24, 2.45) is 23.7 Å². The predicted octanol–water partition coefficient (Wildman–Crippen LogP) is 2.93. The molecule has 3 fully saturated rings. The van der Waals surface area contributed by atoms with Gasteiger partial charge in [-0.05, 0) is 62.7 Å². The summed E-state index contributed by atoms with van der Waals surface area (Å²) in [5, 5.41) is 0. The Hall–Kier alpha value is -0.790. The fraction of sp³-hybridized carbons (Fsp3) is 0.786. The molecule has 3 aliphatic carbocycles. The molecule has 0 aromatic heterocycles. The molecule has 0 spiro atoms. The summed E-state index contributed by atoms with van der Waals surface area (Å²) in [4.78, 5) is 11.5. The van der Waals surface area contributed by atoms with E-state index in [1.165, 1.54) is 19.3 Å². The number of ether oxygens (including phenoxy) is 1. The minimum absolute atomic E-state index is 0.183. The smallest absolute Gasteiger partial charge is 0.333 e. The molecule has 4 unspecified atom stereocenters. The van der Waals surface area contributed by atoms with E-state index in [0.29, 0.717) is 5.57 Å². The highest BCUT2D eigenvalue weighted by Crippen LogP contribution is 2.59. The first kappa shape index (κ1) is 10.4. The number of hydrogen-bond donors (Lipinski definition) is 0. The first-order chi connectivity index (χ1) is 7.65. The normalized spacial score (nSPS) is 44.4. The highest BCUT2D eigenvalue weighted by molar-refractivity contribution is 5.87. The van der Waals surface area contributed by atoms with Gasteiger partial charge >= 0.3 is 5.97 Å². The summed E-state index contributed by atoms with van der Waals surface area (Å²) in [6.07, 6.45) is 6.72. The second kappa shape index (κ2) is 3.61. The Kier molecular flexibility index (Phi) is 2.34. The van der Waals surface area contributed by atoms with Gasteiger partial charge in [0.2, 0.25) is 0 Å². The minimum Gasteiger partial charge on any atom is -0.459 e. The highest BCUT2D eigenvalue weighted by atomic mass is 16.5. The van der Waals surface area contributed by atoms with Crippen LogP contribution >= 0.6 is 0 Å². The van der Waals surface area contributed by atoms with Crippen molar-refractivity contribution in [3.05, 3.63) is 12.2 Å². The van der Waals surface area contributed by atoms with Crippen LogP contribution in [0.1, 0.15) is 39.0 Å². The number of carbonyl (C=O) groups excluding carboxylic acids is 1. The Morgan fingerprint density at radius 1 is 1.12 bits per heavy atom. The van der Waals surface area contributed by atoms with Crippen LogP contribution in [0.3, 0.4) is 0 Å². The van der Waals surface area contributed by atoms with Crippen LogP contribution in [0.15, 0.2) is 12.2 Å². The Morgan fingerprint density at radius 2 is 1.69 bits per heavy atom. The van der Waals surface area contributed by atoms with Gasteiger partial charge in [-0.3, -0.25) is 0 Å². The van der Waals surface area contributed by atoms with Gasteiger partial charge in [-0.2, -0.15) is 0 Å². The number of esters is 1. The molecule has 3 aliphatic rings. The first-order valence-corrected chi connectivity index (χ1v) is 6.51. The van der Waals surface area contributed by atoms with Gasteiger partial charge in [-0.25, -0.2) is 4.79 Å². The van der Waals surface area contributed by atoms with Crippen molar-refractivity contribution < 1.29 is 9.53 Å². The van der Waals surface area contributed by atoms with Gasteiger partial charge in [0.25, 0.3) is 0 Å². The van der Waals surface area contributed by atoms with E-state index < -0.39 is 0 Å². The standard InChI is InChI=1S/C14H20O2/c1-8(2)14(15)16-11-6-12-9-3-4-10(5-9)13(12)7-11/h9-13H,1,3-7H2,2H3. The topological polar surface area (TPSA) is 26.3 Å². The van der Waals surface area contributed by atoms with E-state index in [-0.39, 0.29) is 12.1 Å². The number of rotatable bonds is 2. The van der Waals surface area contributed by atoms with Crippen molar-refractivity contribution in [1.29, 1.82) is 0 Å². The SMILES string of the molecule is C=C(C)C(=O)OC1CC2C3CCC(C3)C2C1. The molecular formula is C14H20O2. The van der Waals surface area contributed by atoms with Gasteiger partial charge in [0.05, 0.1) is 0 Å². The summed E-state index contributed by atoms with van der Waals surface area (Å²) in [5.41, 5.74) is 0.528. The highest BCUT2D eigenvalue weighted by Gasteiger charge is 2.52. The van der Waals surface area contributed by atoms with Crippen LogP contribution in [-0.2, 0) is 9.53 Å². The Labute approximate surface area is 97.1 Å². The van der Waals surface area contributed by atoms with Gasteiger partial charge in [-0.15, -0.1) is 0 Å². The molecule has 0 radical (unpaired) electrons. The zero-order valence-corrected chi connectivity index (χ0v) is 9.95. The maximum Gasteiger partial charge on any atom is 0.333 e. The summed E-state index contributed by atoms with van der Waals surface area (Å²) in [6.45, 7) is 5.36. The second-order valence-corrected chi connectivity index (χ2v) is 5.94. The lowest BCUT2D eigenvalue weighted by molar-refractivity contribution is -0.144. The van der Waals surface area contributed by atoms with Crippen molar-refractivity contribution in [2.45, 2.75) is 45.1 Å². The van der Waals surface area contributed by atoms with Gasteiger partial charge in [0, 0.05) is 5.57 Å². The lowest BCUT2D eigenvalue weighted by atomic mass is 9.82. The fourth-order valence-electron chi connectivity index (χ4n) is 4.32. The summed E-state index contributed by atoms with van der Waals surface area (Å²) in [7, 11) is 0. The number of carbonyl (C=O) groups is 1. The van der Waals surface area contributed by atoms with Crippen LogP contribution in [0.25, 0.3) is 0 Å².